The van der Waals surface area contributed by atoms with Gasteiger partial charge in [-0.3, -0.25) is 14.2 Å². The molecule has 0 saturated carbocycles. The Balaban J connectivity index is 3.03. The largest absolute Gasteiger partial charge is 0.384 e. The highest BCUT2D eigenvalue weighted by atomic mass is 16.3. The first-order valence-electron chi connectivity index (χ1n) is 3.35. The minimum atomic E-state index is -1.34. The monoisotopic (exact) mass is 184 g/mol. The van der Waals surface area contributed by atoms with E-state index in [0.29, 0.717) is 0 Å². The van der Waals surface area contributed by atoms with Crippen LogP contribution >= 0.6 is 0 Å². The van der Waals surface area contributed by atoms with Gasteiger partial charge in [-0.2, -0.15) is 5.10 Å². The summed E-state index contributed by atoms with van der Waals surface area (Å²) in [6.45, 7) is -0.320. The van der Waals surface area contributed by atoms with E-state index in [1.165, 1.54) is 0 Å². The molecular formula is C6H6N3O4. The van der Waals surface area contributed by atoms with Crippen LogP contribution in [0.1, 0.15) is 0 Å². The number of hydrogen-bond acceptors (Lipinski definition) is 5. The zero-order valence-corrected chi connectivity index (χ0v) is 6.43. The Morgan fingerprint density at radius 3 is 3.00 bits per heavy atom. The minimum Gasteiger partial charge on any atom is -0.384 e. The second-order valence-corrected chi connectivity index (χ2v) is 2.27. The van der Waals surface area contributed by atoms with Crippen molar-refractivity contribution in [3.05, 3.63) is 27.0 Å². The standard InChI is InChI=1S/C6H6N3O4/c10-2-4(11)1-9-3-7-8-5(12)6(9)13/h2,4,11H,1H2,(H,8,12). The normalized spacial score (nSPS) is 12.4. The predicted molar refractivity (Wildman–Crippen MR) is 40.0 cm³/mol. The number of aliphatic hydroxyl groups is 1. The Morgan fingerprint density at radius 1 is 1.69 bits per heavy atom. The van der Waals surface area contributed by atoms with Crippen molar-refractivity contribution in [2.75, 3.05) is 0 Å². The van der Waals surface area contributed by atoms with Crippen molar-refractivity contribution in [1.29, 1.82) is 0 Å². The number of aldehydes is 1. The van der Waals surface area contributed by atoms with Crippen molar-refractivity contribution in [1.82, 2.24) is 14.8 Å². The maximum absolute atomic E-state index is 10.9. The Hall–Kier alpha value is -1.76. The average molecular weight is 184 g/mol. The molecule has 13 heavy (non-hydrogen) atoms. The molecule has 1 unspecified atom stereocenters. The first-order valence-corrected chi connectivity index (χ1v) is 3.35. The lowest BCUT2D eigenvalue weighted by Crippen LogP contribution is -2.39. The van der Waals surface area contributed by atoms with E-state index in [1.807, 2.05) is 5.10 Å². The van der Waals surface area contributed by atoms with Crippen LogP contribution in [-0.2, 0) is 11.3 Å². The molecular weight excluding hydrogens is 178 g/mol. The maximum Gasteiger partial charge on any atom is 0.330 e. The highest BCUT2D eigenvalue weighted by Crippen LogP contribution is 1.80. The van der Waals surface area contributed by atoms with Gasteiger partial charge in [0.05, 0.1) is 6.54 Å². The van der Waals surface area contributed by atoms with E-state index in [0.717, 1.165) is 4.57 Å². The molecule has 0 aliphatic carbocycles. The van der Waals surface area contributed by atoms with Gasteiger partial charge in [0, 0.05) is 0 Å². The molecule has 0 spiro atoms. The fraction of sp³-hybridized carbons (Fsp3) is 0.333. The summed E-state index contributed by atoms with van der Waals surface area (Å²) in [5, 5.41) is 13.9. The Kier molecular flexibility index (Phi) is 2.70. The molecule has 1 heterocycles. The third kappa shape index (κ3) is 2.09. The summed E-state index contributed by atoms with van der Waals surface area (Å²) in [7, 11) is 0. The third-order valence-electron chi connectivity index (χ3n) is 1.29. The number of aromatic nitrogens is 3. The number of carbonyl (C=O) groups is 1. The van der Waals surface area contributed by atoms with Crippen LogP contribution in [0.15, 0.2) is 9.59 Å². The van der Waals surface area contributed by atoms with Gasteiger partial charge in [0.2, 0.25) is 6.33 Å². The van der Waals surface area contributed by atoms with E-state index >= 15 is 0 Å². The number of hydrogen-bond donors (Lipinski definition) is 2. The van der Waals surface area contributed by atoms with E-state index in [-0.39, 0.29) is 12.8 Å². The Labute approximate surface area is 71.6 Å². The molecule has 0 fully saturated rings. The first-order chi connectivity index (χ1) is 6.15. The zero-order valence-electron chi connectivity index (χ0n) is 6.43. The van der Waals surface area contributed by atoms with Gasteiger partial charge >= 0.3 is 11.1 Å². The van der Waals surface area contributed by atoms with Gasteiger partial charge in [0.1, 0.15) is 12.4 Å². The summed E-state index contributed by atoms with van der Waals surface area (Å²) in [4.78, 5) is 31.6. The van der Waals surface area contributed by atoms with Gasteiger partial charge in [-0.1, -0.05) is 0 Å². The van der Waals surface area contributed by atoms with Gasteiger partial charge in [-0.15, -0.1) is 0 Å². The number of H-pyrrole nitrogens is 1. The zero-order chi connectivity index (χ0) is 9.84. The average Bonchev–Trinajstić information content (AvgIpc) is 2.13. The molecule has 0 saturated heterocycles. The third-order valence-corrected chi connectivity index (χ3v) is 1.29. The second kappa shape index (κ2) is 3.76. The fourth-order valence-corrected chi connectivity index (χ4v) is 0.706. The molecule has 0 bridgehead atoms. The molecule has 1 rings (SSSR count). The molecule has 7 heteroatoms. The molecule has 1 atom stereocenters. The molecule has 69 valence electrons. The number of nitrogens with zero attached hydrogens (tertiary/aromatic N) is 2. The lowest BCUT2D eigenvalue weighted by atomic mass is 10.4. The van der Waals surface area contributed by atoms with E-state index in [9.17, 15) is 14.4 Å². The summed E-state index contributed by atoms with van der Waals surface area (Å²) in [6, 6.07) is 0. The number of carbonyl (C=O) groups excluding carboxylic acids is 1. The Morgan fingerprint density at radius 2 is 2.38 bits per heavy atom. The summed E-state index contributed by atoms with van der Waals surface area (Å²) < 4.78 is 0.734. The topological polar surface area (TPSA) is 105 Å². The van der Waals surface area contributed by atoms with Gasteiger partial charge < -0.3 is 9.90 Å². The van der Waals surface area contributed by atoms with E-state index in [2.05, 4.69) is 11.4 Å². The van der Waals surface area contributed by atoms with E-state index in [1.54, 1.807) is 0 Å². The minimum absolute atomic E-state index is 0.251. The number of aliphatic hydroxyl groups excluding tert-OH is 1. The van der Waals surface area contributed by atoms with Gasteiger partial charge in [0.25, 0.3) is 0 Å². The van der Waals surface area contributed by atoms with Crippen LogP contribution in [0.4, 0.5) is 0 Å². The second-order valence-electron chi connectivity index (χ2n) is 2.27. The fourth-order valence-electron chi connectivity index (χ4n) is 0.706. The first kappa shape index (κ1) is 9.33. The van der Waals surface area contributed by atoms with E-state index in [4.69, 9.17) is 5.11 Å². The predicted octanol–water partition coefficient (Wildman–Crippen LogP) is -2.71. The van der Waals surface area contributed by atoms with Crippen molar-refractivity contribution in [3.63, 3.8) is 0 Å². The summed E-state index contributed by atoms with van der Waals surface area (Å²) in [5.41, 5.74) is -1.83. The van der Waals surface area contributed by atoms with Crippen molar-refractivity contribution >= 4 is 6.29 Å². The summed E-state index contributed by atoms with van der Waals surface area (Å²) in [5.74, 6) is 0. The lowest BCUT2D eigenvalue weighted by molar-refractivity contribution is -0.115. The molecule has 2 N–H and O–H groups in total. The number of nitrogens with one attached hydrogen (secondary N) is 1. The highest BCUT2D eigenvalue weighted by Gasteiger charge is 2.06. The number of rotatable bonds is 3. The quantitative estimate of drug-likeness (QED) is 0.392. The van der Waals surface area contributed by atoms with Crippen LogP contribution < -0.4 is 11.1 Å². The van der Waals surface area contributed by atoms with Crippen molar-refractivity contribution in [2.45, 2.75) is 12.6 Å². The van der Waals surface area contributed by atoms with Gasteiger partial charge in [-0.05, 0) is 0 Å². The maximum atomic E-state index is 10.9. The molecule has 0 aliphatic heterocycles. The smallest absolute Gasteiger partial charge is 0.330 e. The SMILES string of the molecule is O=CC(O)Cn1[c]n[nH]c(=O)c1=O. The highest BCUT2D eigenvalue weighted by molar-refractivity contribution is 5.55. The molecule has 1 aromatic heterocycles. The van der Waals surface area contributed by atoms with Crippen LogP contribution in [-0.4, -0.2) is 32.3 Å². The number of aromatic amines is 1. The summed E-state index contributed by atoms with van der Waals surface area (Å²) >= 11 is 0. The summed E-state index contributed by atoms with van der Waals surface area (Å²) in [6.07, 6.45) is 1.04. The Bertz CT molecular complexity index is 407. The molecule has 1 radical (unpaired) electrons. The molecule has 7 nitrogen and oxygen atoms in total. The van der Waals surface area contributed by atoms with Crippen molar-refractivity contribution in [2.24, 2.45) is 0 Å². The lowest BCUT2D eigenvalue weighted by Gasteiger charge is -2.02. The van der Waals surface area contributed by atoms with Crippen LogP contribution in [0.3, 0.4) is 0 Å². The van der Waals surface area contributed by atoms with Crippen molar-refractivity contribution in [3.8, 4) is 0 Å². The molecule has 0 aromatic carbocycles. The van der Waals surface area contributed by atoms with Gasteiger partial charge in [0.15, 0.2) is 0 Å². The molecule has 0 aliphatic rings. The van der Waals surface area contributed by atoms with Gasteiger partial charge in [-0.25, -0.2) is 5.10 Å². The molecule has 0 amide bonds. The van der Waals surface area contributed by atoms with E-state index < -0.39 is 17.2 Å². The van der Waals surface area contributed by atoms with Crippen LogP contribution in [0.2, 0.25) is 0 Å². The van der Waals surface area contributed by atoms with Crippen LogP contribution in [0.25, 0.3) is 0 Å². The van der Waals surface area contributed by atoms with Crippen LogP contribution in [0.5, 0.6) is 0 Å². The van der Waals surface area contributed by atoms with Crippen LogP contribution in [0, 0.1) is 6.33 Å². The van der Waals surface area contributed by atoms with Crippen molar-refractivity contribution < 1.29 is 9.90 Å². The molecule has 1 aromatic rings.